The minimum atomic E-state index is -1.20. The van der Waals surface area contributed by atoms with Crippen LogP contribution in [0.3, 0.4) is 0 Å². The lowest BCUT2D eigenvalue weighted by Gasteiger charge is -2.03. The number of amides is 2. The molecule has 22 heavy (non-hydrogen) atoms. The highest BCUT2D eigenvalue weighted by molar-refractivity contribution is 6.05. The zero-order chi connectivity index (χ0) is 16.4. The molecular formula is C12H14N6O4. The number of aromatic nitrogens is 4. The van der Waals surface area contributed by atoms with E-state index in [2.05, 4.69) is 31.0 Å². The maximum atomic E-state index is 12.2. The summed E-state index contributed by atoms with van der Waals surface area (Å²) in [7, 11) is 0. The Morgan fingerprint density at radius 2 is 1.45 bits per heavy atom. The summed E-state index contributed by atoms with van der Waals surface area (Å²) in [5.41, 5.74) is 0.669. The van der Waals surface area contributed by atoms with Crippen LogP contribution >= 0.6 is 0 Å². The second kappa shape index (κ2) is 5.68. The number of nitrogens with zero attached hydrogens (tertiary/aromatic N) is 2. The van der Waals surface area contributed by atoms with Crippen molar-refractivity contribution in [1.82, 2.24) is 20.4 Å². The van der Waals surface area contributed by atoms with Crippen LogP contribution in [0.2, 0.25) is 0 Å². The molecule has 0 fully saturated rings. The molecule has 0 unspecified atom stereocenters. The van der Waals surface area contributed by atoms with Crippen LogP contribution in [-0.2, 0) is 4.79 Å². The summed E-state index contributed by atoms with van der Waals surface area (Å²) >= 11 is 0. The summed E-state index contributed by atoms with van der Waals surface area (Å²) in [6.07, 6.45) is 0. The fourth-order valence-corrected chi connectivity index (χ4v) is 1.82. The quantitative estimate of drug-likeness (QED) is 0.559. The molecule has 0 radical (unpaired) electrons. The van der Waals surface area contributed by atoms with Crippen LogP contribution in [0, 0.1) is 13.8 Å². The number of rotatable bonds is 4. The van der Waals surface area contributed by atoms with Gasteiger partial charge in [-0.05, 0) is 13.8 Å². The van der Waals surface area contributed by atoms with Gasteiger partial charge in [-0.3, -0.25) is 19.8 Å². The maximum absolute atomic E-state index is 12.2. The molecular weight excluding hydrogens is 292 g/mol. The van der Waals surface area contributed by atoms with Crippen molar-refractivity contribution in [3.63, 3.8) is 0 Å². The van der Waals surface area contributed by atoms with Crippen LogP contribution < -0.4 is 10.6 Å². The fraction of sp³-hybridized carbons (Fsp3) is 0.250. The average Bonchev–Trinajstić information content (AvgIpc) is 2.95. The van der Waals surface area contributed by atoms with Gasteiger partial charge in [0.05, 0.1) is 0 Å². The Kier molecular flexibility index (Phi) is 3.93. The zero-order valence-electron chi connectivity index (χ0n) is 12.1. The lowest BCUT2D eigenvalue weighted by Crippen LogP contribution is -2.15. The number of nitrogens with one attached hydrogen (secondary N) is 4. The van der Waals surface area contributed by atoms with Crippen molar-refractivity contribution in [3.8, 4) is 0 Å². The third-order valence-electron chi connectivity index (χ3n) is 2.98. The normalized spacial score (nSPS) is 10.3. The van der Waals surface area contributed by atoms with Crippen LogP contribution in [0.5, 0.6) is 0 Å². The van der Waals surface area contributed by atoms with Crippen LogP contribution in [0.4, 0.5) is 11.6 Å². The highest BCUT2D eigenvalue weighted by Crippen LogP contribution is 2.19. The Balaban J connectivity index is 2.21. The van der Waals surface area contributed by atoms with Gasteiger partial charge in [0.15, 0.2) is 11.4 Å². The van der Waals surface area contributed by atoms with Crippen LogP contribution in [0.1, 0.15) is 39.0 Å². The molecule has 0 saturated heterocycles. The zero-order valence-corrected chi connectivity index (χ0v) is 12.1. The molecule has 2 aromatic rings. The number of carboxylic acid groups (broad SMARTS) is 1. The van der Waals surface area contributed by atoms with E-state index in [-0.39, 0.29) is 23.1 Å². The second-order valence-electron chi connectivity index (χ2n) is 4.58. The number of anilines is 2. The van der Waals surface area contributed by atoms with E-state index in [1.807, 2.05) is 0 Å². The van der Waals surface area contributed by atoms with Gasteiger partial charge in [0, 0.05) is 18.1 Å². The summed E-state index contributed by atoms with van der Waals surface area (Å²) in [5.74, 6) is -1.56. The van der Waals surface area contributed by atoms with E-state index in [1.165, 1.54) is 13.8 Å². The van der Waals surface area contributed by atoms with Gasteiger partial charge in [0.25, 0.3) is 5.91 Å². The Bertz CT molecular complexity index is 760. The molecule has 0 spiro atoms. The largest absolute Gasteiger partial charge is 0.476 e. The molecule has 0 atom stereocenters. The van der Waals surface area contributed by atoms with Gasteiger partial charge < -0.3 is 15.7 Å². The predicted octanol–water partition coefficient (Wildman–Crippen LogP) is 0.659. The van der Waals surface area contributed by atoms with E-state index in [4.69, 9.17) is 5.11 Å². The molecule has 0 saturated carbocycles. The predicted molar refractivity (Wildman–Crippen MR) is 75.9 cm³/mol. The topological polar surface area (TPSA) is 153 Å². The average molecular weight is 306 g/mol. The van der Waals surface area contributed by atoms with Crippen molar-refractivity contribution in [1.29, 1.82) is 0 Å². The fourth-order valence-electron chi connectivity index (χ4n) is 1.82. The summed E-state index contributed by atoms with van der Waals surface area (Å²) < 4.78 is 0. The lowest BCUT2D eigenvalue weighted by molar-refractivity contribution is -0.114. The minimum Gasteiger partial charge on any atom is -0.476 e. The number of hydrogen-bond donors (Lipinski definition) is 5. The number of H-pyrrole nitrogens is 2. The van der Waals surface area contributed by atoms with E-state index < -0.39 is 11.9 Å². The summed E-state index contributed by atoms with van der Waals surface area (Å²) in [4.78, 5) is 34.1. The third-order valence-corrected chi connectivity index (χ3v) is 2.98. The van der Waals surface area contributed by atoms with Gasteiger partial charge in [-0.2, -0.15) is 10.2 Å². The summed E-state index contributed by atoms with van der Waals surface area (Å²) in [5, 5.41) is 26.3. The highest BCUT2D eigenvalue weighted by atomic mass is 16.4. The monoisotopic (exact) mass is 306 g/mol. The first kappa shape index (κ1) is 15.2. The molecule has 116 valence electrons. The van der Waals surface area contributed by atoms with E-state index in [9.17, 15) is 14.4 Å². The summed E-state index contributed by atoms with van der Waals surface area (Å²) in [6, 6.07) is 0. The molecule has 10 heteroatoms. The molecule has 2 rings (SSSR count). The van der Waals surface area contributed by atoms with E-state index in [0.29, 0.717) is 16.9 Å². The standard InChI is InChI=1S/C12H14N6O4/c1-4-7(15-17-9(4)13-6(3)19)11(20)14-10-5(2)8(12(21)22)16-18-10/h1-3H3,(H,21,22)(H2,13,15,17,19)(H2,14,16,18,20). The van der Waals surface area contributed by atoms with E-state index in [1.54, 1.807) is 6.92 Å². The van der Waals surface area contributed by atoms with Crippen molar-refractivity contribution < 1.29 is 19.5 Å². The molecule has 0 aliphatic heterocycles. The molecule has 0 aromatic carbocycles. The number of aromatic carboxylic acids is 1. The van der Waals surface area contributed by atoms with Crippen LogP contribution in [0.25, 0.3) is 0 Å². The molecule has 0 aliphatic rings. The first-order valence-corrected chi connectivity index (χ1v) is 6.23. The first-order chi connectivity index (χ1) is 10.3. The van der Waals surface area contributed by atoms with Gasteiger partial charge in [0.1, 0.15) is 11.6 Å². The van der Waals surface area contributed by atoms with Gasteiger partial charge in [-0.15, -0.1) is 0 Å². The van der Waals surface area contributed by atoms with Crippen LogP contribution in [0.15, 0.2) is 0 Å². The Morgan fingerprint density at radius 3 is 1.95 bits per heavy atom. The van der Waals surface area contributed by atoms with Crippen molar-refractivity contribution in [2.24, 2.45) is 0 Å². The third kappa shape index (κ3) is 2.80. The van der Waals surface area contributed by atoms with Gasteiger partial charge in [-0.25, -0.2) is 4.79 Å². The van der Waals surface area contributed by atoms with Gasteiger partial charge in [0.2, 0.25) is 5.91 Å². The molecule has 2 heterocycles. The van der Waals surface area contributed by atoms with E-state index >= 15 is 0 Å². The minimum absolute atomic E-state index is 0.0784. The van der Waals surface area contributed by atoms with Gasteiger partial charge >= 0.3 is 5.97 Å². The van der Waals surface area contributed by atoms with Gasteiger partial charge in [-0.1, -0.05) is 0 Å². The number of carbonyl (C=O) groups excluding carboxylic acids is 2. The number of carboxylic acids is 1. The maximum Gasteiger partial charge on any atom is 0.356 e. The summed E-state index contributed by atoms with van der Waals surface area (Å²) in [6.45, 7) is 4.47. The molecule has 2 amide bonds. The molecule has 0 bridgehead atoms. The molecule has 10 nitrogen and oxygen atoms in total. The Hall–Kier alpha value is -3.17. The second-order valence-corrected chi connectivity index (χ2v) is 4.58. The number of hydrogen-bond acceptors (Lipinski definition) is 5. The number of carbonyl (C=O) groups is 3. The molecule has 0 aliphatic carbocycles. The first-order valence-electron chi connectivity index (χ1n) is 6.23. The molecule has 5 N–H and O–H groups in total. The van der Waals surface area contributed by atoms with Crippen molar-refractivity contribution in [2.45, 2.75) is 20.8 Å². The van der Waals surface area contributed by atoms with Crippen molar-refractivity contribution in [2.75, 3.05) is 10.6 Å². The van der Waals surface area contributed by atoms with Crippen LogP contribution in [-0.4, -0.2) is 43.3 Å². The van der Waals surface area contributed by atoms with Crippen molar-refractivity contribution in [3.05, 3.63) is 22.5 Å². The Labute approximate surface area is 124 Å². The molecule has 2 aromatic heterocycles. The SMILES string of the molecule is CC(=O)Nc1[nH]nc(C(=O)Nc2[nH]nc(C(=O)O)c2C)c1C. The Morgan fingerprint density at radius 1 is 0.955 bits per heavy atom. The van der Waals surface area contributed by atoms with E-state index in [0.717, 1.165) is 0 Å². The number of aromatic amines is 2. The smallest absolute Gasteiger partial charge is 0.356 e. The van der Waals surface area contributed by atoms with Crippen molar-refractivity contribution >= 4 is 29.4 Å². The highest BCUT2D eigenvalue weighted by Gasteiger charge is 2.21. The lowest BCUT2D eigenvalue weighted by atomic mass is 10.2.